The van der Waals surface area contributed by atoms with Crippen molar-refractivity contribution in [2.24, 2.45) is 0 Å². The summed E-state index contributed by atoms with van der Waals surface area (Å²) < 4.78 is 18.3. The van der Waals surface area contributed by atoms with E-state index in [1.54, 1.807) is 31.2 Å². The van der Waals surface area contributed by atoms with Crippen LogP contribution in [0.4, 0.5) is 0 Å². The second-order valence-corrected chi connectivity index (χ2v) is 7.52. The fourth-order valence-electron chi connectivity index (χ4n) is 3.34. The molecule has 2 atom stereocenters. The molecule has 0 aliphatic carbocycles. The Hall–Kier alpha value is -3.22. The lowest BCUT2D eigenvalue weighted by molar-refractivity contribution is -0.124. The number of oxazole rings is 1. The fourth-order valence-corrected chi connectivity index (χ4v) is 3.34. The zero-order valence-electron chi connectivity index (χ0n) is 18.5. The van der Waals surface area contributed by atoms with E-state index in [0.29, 0.717) is 35.8 Å². The summed E-state index contributed by atoms with van der Waals surface area (Å²) in [7, 11) is 0. The molecule has 2 unspecified atom stereocenters. The van der Waals surface area contributed by atoms with Crippen molar-refractivity contribution >= 4 is 17.0 Å². The van der Waals surface area contributed by atoms with Gasteiger partial charge in [0.15, 0.2) is 17.1 Å². The average Bonchev–Trinajstić information content (AvgIpc) is 3.11. The molecule has 0 bridgehead atoms. The number of aromatic nitrogens is 1. The molecule has 2 aromatic carbocycles. The first-order valence-corrected chi connectivity index (χ1v) is 10.8. The number of para-hydroxylation sites is 2. The molecule has 1 heterocycles. The molecule has 3 rings (SSSR count). The van der Waals surface area contributed by atoms with E-state index in [0.717, 1.165) is 18.4 Å². The Morgan fingerprint density at radius 2 is 1.71 bits per heavy atom. The van der Waals surface area contributed by atoms with Crippen molar-refractivity contribution in [1.82, 2.24) is 9.88 Å². The van der Waals surface area contributed by atoms with Crippen LogP contribution in [0.25, 0.3) is 11.1 Å². The molecule has 1 amide bonds. The maximum absolute atomic E-state index is 12.9. The van der Waals surface area contributed by atoms with Gasteiger partial charge in [-0.3, -0.25) is 9.36 Å². The van der Waals surface area contributed by atoms with Crippen molar-refractivity contribution in [3.63, 3.8) is 0 Å². The molecular formula is C24H30N2O5. The number of ether oxygens (including phenoxy) is 2. The highest BCUT2D eigenvalue weighted by molar-refractivity contribution is 5.83. The van der Waals surface area contributed by atoms with Crippen molar-refractivity contribution in [1.29, 1.82) is 0 Å². The van der Waals surface area contributed by atoms with E-state index in [-0.39, 0.29) is 11.9 Å². The Morgan fingerprint density at radius 1 is 1.03 bits per heavy atom. The zero-order valence-corrected chi connectivity index (χ0v) is 18.5. The summed E-state index contributed by atoms with van der Waals surface area (Å²) in [6, 6.07) is 11.7. The molecular weight excluding hydrogens is 396 g/mol. The van der Waals surface area contributed by atoms with Crippen molar-refractivity contribution in [3.05, 3.63) is 58.6 Å². The van der Waals surface area contributed by atoms with Gasteiger partial charge in [0.2, 0.25) is 5.91 Å². The molecule has 0 radical (unpaired) electrons. The highest BCUT2D eigenvalue weighted by Gasteiger charge is 2.23. The highest BCUT2D eigenvalue weighted by Crippen LogP contribution is 2.31. The van der Waals surface area contributed by atoms with E-state index in [4.69, 9.17) is 13.9 Å². The van der Waals surface area contributed by atoms with Gasteiger partial charge in [0.05, 0.1) is 24.8 Å². The Kier molecular flexibility index (Phi) is 7.39. The van der Waals surface area contributed by atoms with E-state index >= 15 is 0 Å². The number of nitrogens with zero attached hydrogens (tertiary/aromatic N) is 1. The van der Waals surface area contributed by atoms with Gasteiger partial charge in [-0.2, -0.15) is 0 Å². The molecule has 0 spiro atoms. The number of nitrogens with one attached hydrogen (secondary N) is 1. The number of hydrogen-bond donors (Lipinski definition) is 1. The van der Waals surface area contributed by atoms with E-state index in [1.165, 1.54) is 4.57 Å². The second kappa shape index (κ2) is 10.2. The van der Waals surface area contributed by atoms with Crippen LogP contribution in [0.15, 0.2) is 51.7 Å². The van der Waals surface area contributed by atoms with Crippen LogP contribution in [0, 0.1) is 0 Å². The number of hydrogen-bond acceptors (Lipinski definition) is 5. The van der Waals surface area contributed by atoms with Crippen LogP contribution in [-0.2, 0) is 4.79 Å². The van der Waals surface area contributed by atoms with Gasteiger partial charge in [-0.1, -0.05) is 32.0 Å². The Bertz CT molecular complexity index is 1090. The Morgan fingerprint density at radius 3 is 2.42 bits per heavy atom. The highest BCUT2D eigenvalue weighted by atomic mass is 16.5. The van der Waals surface area contributed by atoms with Crippen LogP contribution < -0.4 is 20.5 Å². The minimum atomic E-state index is -0.721. The number of carbonyl (C=O) groups excluding carboxylic acids is 1. The van der Waals surface area contributed by atoms with E-state index in [2.05, 4.69) is 5.32 Å². The maximum atomic E-state index is 12.9. The predicted octanol–water partition coefficient (Wildman–Crippen LogP) is 4.61. The van der Waals surface area contributed by atoms with E-state index < -0.39 is 11.8 Å². The van der Waals surface area contributed by atoms with Crippen LogP contribution in [-0.4, -0.2) is 23.7 Å². The number of fused-ring (bicyclic) bond motifs is 1. The van der Waals surface area contributed by atoms with Crippen LogP contribution in [0.3, 0.4) is 0 Å². The quantitative estimate of drug-likeness (QED) is 0.512. The van der Waals surface area contributed by atoms with Crippen molar-refractivity contribution in [2.45, 2.75) is 52.6 Å². The number of benzene rings is 2. The predicted molar refractivity (Wildman–Crippen MR) is 120 cm³/mol. The standard InChI is InChI=1S/C24H30N2O5/c1-5-13-29-21-12-11-18(15-22(21)30-14-6-2)16(3)25-23(27)17(4)26-19-9-7-8-10-20(19)31-24(26)28/h7-12,15-17H,5-6,13-14H2,1-4H3,(H,25,27). The molecule has 3 aromatic rings. The third-order valence-corrected chi connectivity index (χ3v) is 5.04. The van der Waals surface area contributed by atoms with Gasteiger partial charge in [-0.05, 0) is 56.5 Å². The van der Waals surface area contributed by atoms with Crippen molar-refractivity contribution in [3.8, 4) is 11.5 Å². The third kappa shape index (κ3) is 5.10. The monoisotopic (exact) mass is 426 g/mol. The normalized spacial score (nSPS) is 13.0. The summed E-state index contributed by atoms with van der Waals surface area (Å²) in [5.41, 5.74) is 1.94. The van der Waals surface area contributed by atoms with Crippen molar-refractivity contribution < 1.29 is 18.7 Å². The Balaban J connectivity index is 1.78. The first-order chi connectivity index (χ1) is 15.0. The smallest absolute Gasteiger partial charge is 0.420 e. The SMILES string of the molecule is CCCOc1ccc(C(C)NC(=O)C(C)n2c(=O)oc3ccccc32)cc1OCCC. The van der Waals surface area contributed by atoms with Gasteiger partial charge in [0.25, 0.3) is 0 Å². The van der Waals surface area contributed by atoms with Crippen LogP contribution in [0.5, 0.6) is 11.5 Å². The summed E-state index contributed by atoms with van der Waals surface area (Å²) in [5, 5.41) is 2.99. The van der Waals surface area contributed by atoms with Gasteiger partial charge in [0, 0.05) is 0 Å². The lowest BCUT2D eigenvalue weighted by Gasteiger charge is -2.20. The molecule has 0 saturated carbocycles. The molecule has 1 aromatic heterocycles. The number of rotatable bonds is 10. The Labute approximate surface area is 182 Å². The van der Waals surface area contributed by atoms with E-state index in [9.17, 15) is 9.59 Å². The van der Waals surface area contributed by atoms with Crippen LogP contribution in [0.2, 0.25) is 0 Å². The molecule has 166 valence electrons. The zero-order chi connectivity index (χ0) is 22.4. The molecule has 0 aliphatic heterocycles. The van der Waals surface area contributed by atoms with Gasteiger partial charge < -0.3 is 19.2 Å². The number of amides is 1. The van der Waals surface area contributed by atoms with Gasteiger partial charge in [-0.25, -0.2) is 4.79 Å². The number of carbonyl (C=O) groups is 1. The largest absolute Gasteiger partial charge is 0.490 e. The molecule has 0 aliphatic rings. The molecule has 1 N–H and O–H groups in total. The van der Waals surface area contributed by atoms with Gasteiger partial charge in [0.1, 0.15) is 6.04 Å². The second-order valence-electron chi connectivity index (χ2n) is 7.52. The molecule has 7 nitrogen and oxygen atoms in total. The summed E-state index contributed by atoms with van der Waals surface area (Å²) in [5.74, 6) is 0.536. The lowest BCUT2D eigenvalue weighted by atomic mass is 10.1. The first kappa shape index (κ1) is 22.5. The first-order valence-electron chi connectivity index (χ1n) is 10.8. The minimum absolute atomic E-state index is 0.275. The maximum Gasteiger partial charge on any atom is 0.420 e. The summed E-state index contributed by atoms with van der Waals surface area (Å²) in [6.07, 6.45) is 1.79. The summed E-state index contributed by atoms with van der Waals surface area (Å²) in [4.78, 5) is 25.2. The average molecular weight is 427 g/mol. The summed E-state index contributed by atoms with van der Waals surface area (Å²) >= 11 is 0. The lowest BCUT2D eigenvalue weighted by Crippen LogP contribution is -2.35. The molecule has 31 heavy (non-hydrogen) atoms. The van der Waals surface area contributed by atoms with Crippen molar-refractivity contribution in [2.75, 3.05) is 13.2 Å². The molecule has 0 fully saturated rings. The fraction of sp³-hybridized carbons (Fsp3) is 0.417. The topological polar surface area (TPSA) is 82.7 Å². The molecule has 7 heteroatoms. The summed E-state index contributed by atoms with van der Waals surface area (Å²) in [6.45, 7) is 8.87. The van der Waals surface area contributed by atoms with Gasteiger partial charge in [-0.15, -0.1) is 0 Å². The van der Waals surface area contributed by atoms with Crippen LogP contribution in [0.1, 0.15) is 58.2 Å². The van der Waals surface area contributed by atoms with Gasteiger partial charge >= 0.3 is 5.76 Å². The third-order valence-electron chi connectivity index (χ3n) is 5.04. The van der Waals surface area contributed by atoms with Crippen LogP contribution >= 0.6 is 0 Å². The molecule has 0 saturated heterocycles. The van der Waals surface area contributed by atoms with E-state index in [1.807, 2.05) is 39.0 Å². The minimum Gasteiger partial charge on any atom is -0.490 e.